The lowest BCUT2D eigenvalue weighted by Crippen LogP contribution is -2.60. The van der Waals surface area contributed by atoms with Crippen molar-refractivity contribution in [3.63, 3.8) is 0 Å². The molecule has 11 nitrogen and oxygen atoms in total. The predicted molar refractivity (Wildman–Crippen MR) is 158 cm³/mol. The van der Waals surface area contributed by atoms with E-state index in [1.54, 1.807) is 28.0 Å². The smallest absolute Gasteiger partial charge is 0.311 e. The van der Waals surface area contributed by atoms with Gasteiger partial charge in [-0.05, 0) is 54.0 Å². The summed E-state index contributed by atoms with van der Waals surface area (Å²) in [6.45, 7) is 16.6. The summed E-state index contributed by atoms with van der Waals surface area (Å²) in [4.78, 5) is 38.9. The van der Waals surface area contributed by atoms with E-state index < -0.39 is 66.0 Å². The quantitative estimate of drug-likeness (QED) is 0.387. The van der Waals surface area contributed by atoms with Crippen LogP contribution >= 0.6 is 0 Å². The van der Waals surface area contributed by atoms with E-state index in [0.29, 0.717) is 19.4 Å². The summed E-state index contributed by atoms with van der Waals surface area (Å²) in [5, 5.41) is 18.2. The van der Waals surface area contributed by atoms with Gasteiger partial charge in [0.05, 0.1) is 35.9 Å². The van der Waals surface area contributed by atoms with Crippen molar-refractivity contribution in [3.8, 4) is 0 Å². The number of esters is 2. The van der Waals surface area contributed by atoms with Gasteiger partial charge in [-0.2, -0.15) is 0 Å². The Hall–Kier alpha value is -1.63. The second kappa shape index (κ2) is 15.9. The van der Waals surface area contributed by atoms with Crippen LogP contribution in [0, 0.1) is 23.7 Å². The van der Waals surface area contributed by atoms with Gasteiger partial charge in [0.2, 0.25) is 0 Å². The third kappa shape index (κ3) is 8.95. The van der Waals surface area contributed by atoms with Crippen LogP contribution in [0.15, 0.2) is 0 Å². The van der Waals surface area contributed by atoms with Gasteiger partial charge >= 0.3 is 11.9 Å². The number of methoxy groups -OCH3 is 1. The number of aliphatic hydroxyl groups is 1. The summed E-state index contributed by atoms with van der Waals surface area (Å²) in [6, 6.07) is -0.421. The molecular weight excluding hydrogens is 544 g/mol. The molecule has 13 atom stereocenters. The molecule has 42 heavy (non-hydrogen) atoms. The fourth-order valence-electron chi connectivity index (χ4n) is 6.41. The maximum atomic E-state index is 13.5. The lowest BCUT2D eigenvalue weighted by molar-refractivity contribution is -0.298. The van der Waals surface area contributed by atoms with E-state index in [1.807, 2.05) is 41.5 Å². The van der Waals surface area contributed by atoms with Gasteiger partial charge < -0.3 is 39.4 Å². The van der Waals surface area contributed by atoms with Crippen molar-refractivity contribution in [2.24, 2.45) is 23.7 Å². The Morgan fingerprint density at radius 1 is 1.14 bits per heavy atom. The van der Waals surface area contributed by atoms with Crippen LogP contribution in [-0.2, 0) is 38.1 Å². The Labute approximate surface area is 252 Å². The van der Waals surface area contributed by atoms with Gasteiger partial charge in [-0.1, -0.05) is 27.7 Å². The van der Waals surface area contributed by atoms with Crippen LogP contribution in [0.2, 0.25) is 0 Å². The molecule has 3 N–H and O–H groups in total. The van der Waals surface area contributed by atoms with Crippen LogP contribution < -0.4 is 10.6 Å². The van der Waals surface area contributed by atoms with Crippen molar-refractivity contribution in [1.29, 1.82) is 0 Å². The number of aliphatic hydroxyl groups excluding tert-OH is 1. The van der Waals surface area contributed by atoms with E-state index in [9.17, 15) is 19.5 Å². The van der Waals surface area contributed by atoms with Crippen LogP contribution in [0.3, 0.4) is 0 Å². The van der Waals surface area contributed by atoms with Crippen molar-refractivity contribution in [3.05, 3.63) is 0 Å². The fraction of sp³-hybridized carbons (Fsp3) is 0.903. The molecule has 0 aromatic rings. The van der Waals surface area contributed by atoms with Crippen LogP contribution in [0.1, 0.15) is 81.6 Å². The number of hydrogen-bond acceptors (Lipinski definition) is 11. The molecule has 0 aliphatic carbocycles. The molecule has 2 fully saturated rings. The number of carbonyl (C=O) groups excluding carboxylic acids is 3. The number of Topliss-reactive ketones (excluding diaryl/α,β-unsaturated/α-hetero) is 1. The van der Waals surface area contributed by atoms with Crippen LogP contribution in [0.4, 0.5) is 0 Å². The zero-order chi connectivity index (χ0) is 31.9. The first-order valence-electron chi connectivity index (χ1n) is 15.5. The highest BCUT2D eigenvalue weighted by atomic mass is 16.7. The number of rotatable bonds is 6. The number of nitrogens with one attached hydrogen (secondary N) is 2. The second-order valence-corrected chi connectivity index (χ2v) is 12.7. The molecule has 2 rings (SSSR count). The van der Waals surface area contributed by atoms with Crippen LogP contribution in [-0.4, -0.2) is 98.0 Å². The van der Waals surface area contributed by atoms with Gasteiger partial charge in [-0.15, -0.1) is 0 Å². The van der Waals surface area contributed by atoms with Gasteiger partial charge in [0.1, 0.15) is 11.9 Å². The zero-order valence-electron chi connectivity index (χ0n) is 27.5. The molecule has 2 aliphatic rings. The number of ketones is 1. The number of likely N-dealkylation sites (N-methyl/N-ethyl adjacent to an activating group) is 1. The Bertz CT molecular complexity index is 904. The Balaban J connectivity index is 2.59. The minimum atomic E-state index is -1.18. The third-order valence-electron chi connectivity index (χ3n) is 9.20. The molecule has 0 saturated carbocycles. The van der Waals surface area contributed by atoms with Gasteiger partial charge in [-0.3, -0.25) is 14.4 Å². The average molecular weight is 601 g/mol. The zero-order valence-corrected chi connectivity index (χ0v) is 27.5. The van der Waals surface area contributed by atoms with Gasteiger partial charge in [0.25, 0.3) is 0 Å². The van der Waals surface area contributed by atoms with Crippen molar-refractivity contribution < 1.29 is 43.2 Å². The Kier molecular flexibility index (Phi) is 13.8. The topological polar surface area (TPSA) is 142 Å². The van der Waals surface area contributed by atoms with Gasteiger partial charge in [0.15, 0.2) is 12.4 Å². The highest BCUT2D eigenvalue weighted by Gasteiger charge is 2.50. The first kappa shape index (κ1) is 36.6. The first-order chi connectivity index (χ1) is 19.6. The largest absolute Gasteiger partial charge is 0.460 e. The highest BCUT2D eigenvalue weighted by molar-refractivity contribution is 5.83. The summed E-state index contributed by atoms with van der Waals surface area (Å²) < 4.78 is 30.5. The Morgan fingerprint density at radius 2 is 1.79 bits per heavy atom. The number of hydrogen-bond donors (Lipinski definition) is 3. The number of carbonyl (C=O) groups is 3. The molecular formula is C31H56N2O9. The molecule has 11 heteroatoms. The predicted octanol–water partition coefficient (Wildman–Crippen LogP) is 2.61. The van der Waals surface area contributed by atoms with Gasteiger partial charge in [-0.25, -0.2) is 0 Å². The minimum Gasteiger partial charge on any atom is -0.460 e. The van der Waals surface area contributed by atoms with Crippen LogP contribution in [0.5, 0.6) is 0 Å². The molecule has 0 aromatic carbocycles. The molecule has 2 heterocycles. The molecule has 0 aromatic heterocycles. The van der Waals surface area contributed by atoms with E-state index in [2.05, 4.69) is 10.6 Å². The molecule has 244 valence electrons. The number of ether oxygens (including phenoxy) is 5. The minimum absolute atomic E-state index is 0.0637. The van der Waals surface area contributed by atoms with E-state index in [-0.39, 0.29) is 36.3 Å². The monoisotopic (exact) mass is 600 g/mol. The van der Waals surface area contributed by atoms with E-state index in [1.165, 1.54) is 6.92 Å². The van der Waals surface area contributed by atoms with Crippen molar-refractivity contribution in [1.82, 2.24) is 10.6 Å². The SMILES string of the molecule is CCC1OC(=O)[C@H](C)C(O)[C@H](C)[C@@H](O[C@@H]2O[C@H](C)C[C@H](NC)[C@H]2OC(C)=O)[C@@](C)(OC)C[C@@H](C)C(=O)C(C)CNC1C. The summed E-state index contributed by atoms with van der Waals surface area (Å²) in [5.41, 5.74) is -1.09. The lowest BCUT2D eigenvalue weighted by Gasteiger charge is -2.47. The summed E-state index contributed by atoms with van der Waals surface area (Å²) in [5.74, 6) is -3.18. The average Bonchev–Trinajstić information content (AvgIpc) is 2.95. The summed E-state index contributed by atoms with van der Waals surface area (Å²) >= 11 is 0. The molecule has 0 radical (unpaired) electrons. The van der Waals surface area contributed by atoms with Crippen molar-refractivity contribution in [2.75, 3.05) is 20.7 Å². The maximum absolute atomic E-state index is 13.5. The molecule has 2 saturated heterocycles. The standard InChI is InChI=1S/C31H56N2O9/c1-12-24-21(7)33-15-17(3)25(35)16(2)14-31(9,38-11)28(19(5)26(36)20(6)29(37)41-24)42-30-27(40-22(8)34)23(32-10)13-18(4)39-30/h16-21,23-24,26-28,30,32-33,36H,12-15H2,1-11H3/t16-,17?,18-,19+,20-,21?,23+,24?,26?,27-,28-,30+,31+/m1/s1. The molecule has 0 amide bonds. The lowest BCUT2D eigenvalue weighted by atomic mass is 9.76. The molecule has 2 aliphatic heterocycles. The second-order valence-electron chi connectivity index (χ2n) is 12.7. The normalized spacial score (nSPS) is 43.1. The first-order valence-corrected chi connectivity index (χ1v) is 15.5. The highest BCUT2D eigenvalue weighted by Crippen LogP contribution is 2.38. The fourth-order valence-corrected chi connectivity index (χ4v) is 6.41. The summed E-state index contributed by atoms with van der Waals surface area (Å²) in [7, 11) is 3.33. The van der Waals surface area contributed by atoms with Crippen LogP contribution in [0.25, 0.3) is 0 Å². The summed E-state index contributed by atoms with van der Waals surface area (Å²) in [6.07, 6.45) is -3.00. The number of cyclic esters (lactones) is 1. The Morgan fingerprint density at radius 3 is 2.33 bits per heavy atom. The van der Waals surface area contributed by atoms with Crippen molar-refractivity contribution in [2.45, 2.75) is 136 Å². The maximum Gasteiger partial charge on any atom is 0.311 e. The van der Waals surface area contributed by atoms with Gasteiger partial charge in [0, 0.05) is 44.4 Å². The third-order valence-corrected chi connectivity index (χ3v) is 9.20. The van der Waals surface area contributed by atoms with E-state index in [0.717, 1.165) is 0 Å². The van der Waals surface area contributed by atoms with E-state index in [4.69, 9.17) is 23.7 Å². The van der Waals surface area contributed by atoms with Crippen molar-refractivity contribution >= 4 is 17.7 Å². The van der Waals surface area contributed by atoms with E-state index >= 15 is 0 Å². The molecule has 0 spiro atoms. The molecule has 0 bridgehead atoms. The molecule has 4 unspecified atom stereocenters.